The minimum absolute atomic E-state index is 1.18. The minimum atomic E-state index is 1.18. The predicted molar refractivity (Wildman–Crippen MR) is 42.5 cm³/mol. The fourth-order valence-corrected chi connectivity index (χ4v) is 0.885. The number of aryl methyl sites for hydroxylation is 1. The number of nitrogens with zero attached hydrogens (tertiary/aromatic N) is 2. The summed E-state index contributed by atoms with van der Waals surface area (Å²) in [5.41, 5.74) is 2.45. The van der Waals surface area contributed by atoms with Crippen LogP contribution in [0.25, 0.3) is 5.57 Å². The monoisotopic (exact) mass is 136 g/mol. The third kappa shape index (κ3) is 1.10. The Bertz CT molecular complexity index is 246. The van der Waals surface area contributed by atoms with E-state index in [0.717, 1.165) is 0 Å². The summed E-state index contributed by atoms with van der Waals surface area (Å²) in [6, 6.07) is 0. The molecule has 1 rings (SSSR count). The van der Waals surface area contributed by atoms with Crippen LogP contribution in [0.2, 0.25) is 0 Å². The van der Waals surface area contributed by atoms with Gasteiger partial charge in [0.1, 0.15) is 0 Å². The molecule has 0 aliphatic heterocycles. The number of hydrogen-bond donors (Lipinski definition) is 0. The van der Waals surface area contributed by atoms with E-state index in [4.69, 9.17) is 0 Å². The van der Waals surface area contributed by atoms with Crippen molar-refractivity contribution in [3.8, 4) is 0 Å². The Morgan fingerprint density at radius 2 is 2.40 bits per heavy atom. The average Bonchev–Trinajstić information content (AvgIpc) is 2.34. The Morgan fingerprint density at radius 3 is 2.80 bits per heavy atom. The zero-order valence-corrected chi connectivity index (χ0v) is 6.63. The zero-order chi connectivity index (χ0) is 7.56. The van der Waals surface area contributed by atoms with E-state index in [-0.39, 0.29) is 0 Å². The summed E-state index contributed by atoms with van der Waals surface area (Å²) in [5.74, 6) is 0. The second kappa shape index (κ2) is 2.69. The highest BCUT2D eigenvalue weighted by molar-refractivity contribution is 5.59. The molecule has 0 bridgehead atoms. The molecule has 0 spiro atoms. The average molecular weight is 136 g/mol. The number of imidazole rings is 1. The van der Waals surface area contributed by atoms with Crippen LogP contribution in [-0.4, -0.2) is 9.55 Å². The molecular weight excluding hydrogens is 124 g/mol. The maximum absolute atomic E-state index is 4.01. The molecule has 0 unspecified atom stereocenters. The summed E-state index contributed by atoms with van der Waals surface area (Å²) >= 11 is 0. The smallest absolute Gasteiger partial charge is 0.0948 e. The van der Waals surface area contributed by atoms with Crippen molar-refractivity contribution in [3.63, 3.8) is 0 Å². The maximum Gasteiger partial charge on any atom is 0.0948 e. The van der Waals surface area contributed by atoms with Gasteiger partial charge in [-0.3, -0.25) is 0 Å². The van der Waals surface area contributed by atoms with Gasteiger partial charge in [-0.05, 0) is 19.4 Å². The van der Waals surface area contributed by atoms with E-state index in [0.29, 0.717) is 0 Å². The van der Waals surface area contributed by atoms with Gasteiger partial charge in [-0.1, -0.05) is 6.08 Å². The van der Waals surface area contributed by atoms with E-state index in [1.54, 1.807) is 0 Å². The standard InChI is InChI=1S/C8H12N2/c1-4-7(2)8-5-9-6-10(8)3/h4-6H,1-3H3. The van der Waals surface area contributed by atoms with Crippen LogP contribution in [0.5, 0.6) is 0 Å². The fourth-order valence-electron chi connectivity index (χ4n) is 0.885. The lowest BCUT2D eigenvalue weighted by molar-refractivity contribution is 0.896. The number of aromatic nitrogens is 2. The molecule has 1 heterocycles. The lowest BCUT2D eigenvalue weighted by Gasteiger charge is -1.99. The molecule has 0 aliphatic carbocycles. The highest BCUT2D eigenvalue weighted by Gasteiger charge is 1.96. The van der Waals surface area contributed by atoms with E-state index < -0.39 is 0 Å². The molecule has 0 atom stereocenters. The summed E-state index contributed by atoms with van der Waals surface area (Å²) in [6.45, 7) is 4.11. The van der Waals surface area contributed by atoms with Crippen LogP contribution in [-0.2, 0) is 7.05 Å². The second-order valence-electron chi connectivity index (χ2n) is 2.36. The number of rotatable bonds is 1. The van der Waals surface area contributed by atoms with Crippen molar-refractivity contribution in [2.24, 2.45) is 7.05 Å². The van der Waals surface area contributed by atoms with Crippen molar-refractivity contribution < 1.29 is 0 Å². The molecule has 1 aromatic heterocycles. The van der Waals surface area contributed by atoms with Gasteiger partial charge in [0.25, 0.3) is 0 Å². The van der Waals surface area contributed by atoms with Crippen LogP contribution >= 0.6 is 0 Å². The molecule has 0 saturated carbocycles. The molecule has 0 N–H and O–H groups in total. The van der Waals surface area contributed by atoms with Crippen LogP contribution in [0.3, 0.4) is 0 Å². The first kappa shape index (κ1) is 7.06. The molecule has 0 saturated heterocycles. The van der Waals surface area contributed by atoms with Crippen LogP contribution in [0.4, 0.5) is 0 Å². The van der Waals surface area contributed by atoms with Gasteiger partial charge < -0.3 is 4.57 Å². The lowest BCUT2D eigenvalue weighted by atomic mass is 10.2. The van der Waals surface area contributed by atoms with Gasteiger partial charge in [-0.15, -0.1) is 0 Å². The summed E-state index contributed by atoms with van der Waals surface area (Å²) < 4.78 is 2.01. The van der Waals surface area contributed by atoms with Crippen molar-refractivity contribution in [2.45, 2.75) is 13.8 Å². The van der Waals surface area contributed by atoms with Crippen LogP contribution in [0.15, 0.2) is 18.6 Å². The van der Waals surface area contributed by atoms with E-state index in [2.05, 4.69) is 18.0 Å². The molecule has 0 fully saturated rings. The largest absolute Gasteiger partial charge is 0.334 e. The van der Waals surface area contributed by atoms with E-state index in [1.165, 1.54) is 11.3 Å². The molecule has 2 heteroatoms. The highest BCUT2D eigenvalue weighted by atomic mass is 15.0. The molecule has 0 amide bonds. The van der Waals surface area contributed by atoms with Gasteiger partial charge in [-0.2, -0.15) is 0 Å². The SMILES string of the molecule is CC=C(C)c1cncn1C. The Balaban J connectivity index is 3.05. The van der Waals surface area contributed by atoms with Gasteiger partial charge >= 0.3 is 0 Å². The molecule has 2 nitrogen and oxygen atoms in total. The van der Waals surface area contributed by atoms with Crippen molar-refractivity contribution in [2.75, 3.05) is 0 Å². The summed E-state index contributed by atoms with van der Waals surface area (Å²) in [5, 5.41) is 0. The highest BCUT2D eigenvalue weighted by Crippen LogP contribution is 2.10. The number of allylic oxidation sites excluding steroid dienone is 2. The maximum atomic E-state index is 4.01. The van der Waals surface area contributed by atoms with Gasteiger partial charge in [0.05, 0.1) is 18.2 Å². The van der Waals surface area contributed by atoms with Gasteiger partial charge in [0, 0.05) is 7.05 Å². The molecule has 10 heavy (non-hydrogen) atoms. The van der Waals surface area contributed by atoms with E-state index in [1.807, 2.05) is 31.1 Å². The summed E-state index contributed by atoms with van der Waals surface area (Å²) in [7, 11) is 2.00. The Hall–Kier alpha value is -1.05. The normalized spacial score (nSPS) is 12.1. The van der Waals surface area contributed by atoms with Crippen LogP contribution in [0.1, 0.15) is 19.5 Å². The van der Waals surface area contributed by atoms with E-state index in [9.17, 15) is 0 Å². The molecular formula is C8H12N2. The van der Waals surface area contributed by atoms with Crippen molar-refractivity contribution in [1.82, 2.24) is 9.55 Å². The minimum Gasteiger partial charge on any atom is -0.334 e. The van der Waals surface area contributed by atoms with Crippen molar-refractivity contribution in [1.29, 1.82) is 0 Å². The summed E-state index contributed by atoms with van der Waals surface area (Å²) in [6.07, 6.45) is 5.76. The first-order valence-electron chi connectivity index (χ1n) is 3.35. The topological polar surface area (TPSA) is 17.8 Å². The molecule has 0 radical (unpaired) electrons. The summed E-state index contributed by atoms with van der Waals surface area (Å²) in [4.78, 5) is 4.01. The molecule has 0 aromatic carbocycles. The third-order valence-electron chi connectivity index (χ3n) is 1.65. The predicted octanol–water partition coefficient (Wildman–Crippen LogP) is 1.84. The Labute approximate surface area is 61.2 Å². The Kier molecular flexibility index (Phi) is 1.90. The van der Waals surface area contributed by atoms with Crippen molar-refractivity contribution >= 4 is 5.57 Å². The Morgan fingerprint density at radius 1 is 1.70 bits per heavy atom. The number of hydrogen-bond acceptors (Lipinski definition) is 1. The molecule has 0 aliphatic rings. The second-order valence-corrected chi connectivity index (χ2v) is 2.36. The first-order chi connectivity index (χ1) is 4.75. The van der Waals surface area contributed by atoms with Gasteiger partial charge in [0.2, 0.25) is 0 Å². The lowest BCUT2D eigenvalue weighted by Crippen LogP contribution is -1.90. The van der Waals surface area contributed by atoms with Gasteiger partial charge in [-0.25, -0.2) is 4.98 Å². The quantitative estimate of drug-likeness (QED) is 0.576. The molecule has 1 aromatic rings. The zero-order valence-electron chi connectivity index (χ0n) is 6.63. The van der Waals surface area contributed by atoms with E-state index >= 15 is 0 Å². The third-order valence-corrected chi connectivity index (χ3v) is 1.65. The first-order valence-corrected chi connectivity index (χ1v) is 3.35. The fraction of sp³-hybridized carbons (Fsp3) is 0.375. The molecule has 54 valence electrons. The van der Waals surface area contributed by atoms with Crippen LogP contribution in [0, 0.1) is 0 Å². The van der Waals surface area contributed by atoms with Gasteiger partial charge in [0.15, 0.2) is 0 Å². The van der Waals surface area contributed by atoms with Crippen molar-refractivity contribution in [3.05, 3.63) is 24.3 Å². The van der Waals surface area contributed by atoms with Crippen LogP contribution < -0.4 is 0 Å².